The van der Waals surface area contributed by atoms with Gasteiger partial charge < -0.3 is 38.3 Å². The second kappa shape index (κ2) is 57.3. The molecule has 4 aliphatic heterocycles. The Morgan fingerprint density at radius 2 is 0.964 bits per heavy atom. The summed E-state index contributed by atoms with van der Waals surface area (Å²) in [6.07, 6.45) is 19.9. The van der Waals surface area contributed by atoms with Crippen molar-refractivity contribution >= 4 is 118 Å². The van der Waals surface area contributed by atoms with Crippen LogP contribution in [0.3, 0.4) is 0 Å². The molecule has 0 amide bonds. The van der Waals surface area contributed by atoms with Crippen LogP contribution in [0.4, 0.5) is 0 Å². The maximum absolute atomic E-state index is 14.2. The average molecular weight is 2210 g/mol. The molecule has 0 saturated carbocycles. The minimum absolute atomic E-state index is 0.000323. The first-order valence-electron chi connectivity index (χ1n) is 49.3. The molecule has 768 valence electrons. The van der Waals surface area contributed by atoms with Crippen molar-refractivity contribution in [1.82, 2.24) is 0 Å². The number of rotatable bonds is 44. The van der Waals surface area contributed by atoms with Crippen molar-refractivity contribution in [3.63, 3.8) is 0 Å². The average Bonchev–Trinajstić information content (AvgIpc) is 1.57. The van der Waals surface area contributed by atoms with Gasteiger partial charge in [0.15, 0.2) is 18.4 Å². The van der Waals surface area contributed by atoms with E-state index in [1.165, 1.54) is 28.2 Å². The number of allylic oxidation sites excluding steroid dienone is 2. The molecule has 14 atom stereocenters. The first-order valence-corrected chi connectivity index (χ1v) is 69.5. The summed E-state index contributed by atoms with van der Waals surface area (Å²) in [5, 5.41) is 11.0. The van der Waals surface area contributed by atoms with Crippen LogP contribution >= 0.6 is 22.6 Å². The summed E-state index contributed by atoms with van der Waals surface area (Å²) >= 11 is 2.53. The molecule has 137 heavy (non-hydrogen) atoms. The van der Waals surface area contributed by atoms with Crippen LogP contribution in [0.2, 0.25) is 103 Å². The van der Waals surface area contributed by atoms with E-state index in [0.29, 0.717) is 96.4 Å². The van der Waals surface area contributed by atoms with Gasteiger partial charge in [-0.1, -0.05) is 101 Å². The van der Waals surface area contributed by atoms with Crippen molar-refractivity contribution < 1.29 is 100 Å². The fourth-order valence-electron chi connectivity index (χ4n) is 15.2. The van der Waals surface area contributed by atoms with Crippen LogP contribution in [-0.4, -0.2) is 218 Å². The molecular weight excluding hydrogens is 2040 g/mol. The number of hydrogen-bond acceptors (Lipinski definition) is 21. The van der Waals surface area contributed by atoms with Crippen LogP contribution in [0.1, 0.15) is 196 Å². The van der Waals surface area contributed by atoms with Crippen molar-refractivity contribution in [3.05, 3.63) is 173 Å². The van der Waals surface area contributed by atoms with E-state index in [9.17, 15) is 19.5 Å². The number of methoxy groups -OCH3 is 3. The van der Waals surface area contributed by atoms with Gasteiger partial charge in [-0.25, -0.2) is 4.79 Å². The molecule has 5 aromatic rings. The predicted molar refractivity (Wildman–Crippen MR) is 578 cm³/mol. The zero-order valence-corrected chi connectivity index (χ0v) is 98.5. The fraction of sp³-hybridized carbons (Fsp3) is 0.624. The monoisotopic (exact) mass is 2210 g/mol. The Bertz CT molecular complexity index is 4580. The number of phenolic OH excluding ortho intramolecular Hbond substituents is 1. The van der Waals surface area contributed by atoms with Crippen LogP contribution in [0.5, 0.6) is 34.5 Å². The van der Waals surface area contributed by atoms with Crippen molar-refractivity contribution in [2.45, 2.75) is 316 Å². The van der Waals surface area contributed by atoms with E-state index in [2.05, 4.69) is 242 Å². The first-order chi connectivity index (χ1) is 64.1. The molecule has 0 aliphatic carbocycles. The van der Waals surface area contributed by atoms with Crippen LogP contribution in [-0.2, 0) is 62.2 Å². The minimum atomic E-state index is -1.43. The standard InChI is InChI=1S/C42H68O7SeSi2.C26H40O5SeSi2.C25H34O7.C16H29IO2/c1-30(2)31(3)19-20-32(4)40-36(48-42(5,6)49-40)21-22-38(50-34-17-15-14-16-18-34)35-27-33(45-23-25-51(8,9)10)28-37(47-29-44-7)39(35)41(43)46-24-26-52(11,12)13;1-28-20-31-24-18-22(29-13-15-33(2,3)4)17-21(19-32-23-11-9-8-10-12-23)25(24)26(27)30-14-16-34(5,6)7;1-15-10-11-16(2)23-20(31-25(4,5)32-23)9-7-8-18-12-19(26)13-21(29-14-28-6)22(18)24(27)30-17(15)3;1-11(2)12(3)7-8-13(4)15-14(9-10-17)18-16(5,6)19-15/h14-20,27-28,30-32,36,38,40H,21-26,29H2,1-13H3;8-12,17-18H,13-16,19-20H2,1-7H3;7-8,10-13,15-17,20,23,26H,9,14H2,1-6H3;7-8,11-15H,9-10H2,1-6H3/b20-19-;;8-7+,11-10-;8-7-/t31-,32?,36+,38?,40-;;15-,16?,17?,20+,23?;12-,13?,14+,15-/m1.11/s1. The van der Waals surface area contributed by atoms with Gasteiger partial charge in [0.25, 0.3) is 0 Å². The van der Waals surface area contributed by atoms with Crippen molar-refractivity contribution in [2.24, 2.45) is 47.3 Å². The third-order valence-corrected chi connectivity index (χ3v) is 36.6. The third kappa shape index (κ3) is 43.6. The Labute approximate surface area is 854 Å². The number of carbonyl (C=O) groups excluding carboxylic acids is 3. The van der Waals surface area contributed by atoms with Crippen molar-refractivity contribution in [2.75, 3.05) is 72.6 Å². The van der Waals surface area contributed by atoms with E-state index in [1.54, 1.807) is 26.4 Å². The summed E-state index contributed by atoms with van der Waals surface area (Å²) in [6.45, 7) is 65.6. The van der Waals surface area contributed by atoms with E-state index in [0.717, 1.165) is 70.1 Å². The van der Waals surface area contributed by atoms with E-state index >= 15 is 0 Å². The summed E-state index contributed by atoms with van der Waals surface area (Å²) < 4.78 is 104. The Kier molecular flexibility index (Phi) is 50.3. The number of alkyl halides is 1. The van der Waals surface area contributed by atoms with E-state index < -0.39 is 55.6 Å². The quantitative estimate of drug-likeness (QED) is 0.00727. The van der Waals surface area contributed by atoms with Gasteiger partial charge in [0.05, 0.1) is 24.4 Å². The van der Waals surface area contributed by atoms with Gasteiger partial charge in [-0.3, -0.25) is 0 Å². The molecule has 0 radical (unpaired) electrons. The third-order valence-electron chi connectivity index (χ3n) is 24.2. The number of halogens is 1. The number of aromatic hydroxyl groups is 1. The molecule has 3 fully saturated rings. The molecule has 0 spiro atoms. The summed E-state index contributed by atoms with van der Waals surface area (Å²) in [5.41, 5.74) is 3.49. The van der Waals surface area contributed by atoms with Gasteiger partial charge in [-0.15, -0.1) is 0 Å². The second-order valence-corrected chi connectivity index (χ2v) is 72.1. The van der Waals surface area contributed by atoms with Gasteiger partial charge in [0, 0.05) is 35.4 Å². The molecule has 4 heterocycles. The molecule has 9 rings (SSSR count). The Hall–Kier alpha value is -5.45. The fourth-order valence-corrected chi connectivity index (χ4v) is 23.1. The zero-order valence-electron chi connectivity index (χ0n) is 88.9. The SMILES string of the molecule is CC(C)[C@H](C)/C=C\C(C)[C@H]1OC(C)(C)O[C@H]1CCI.COCOc1cc(O)cc2c1C(=O)OC(C)[C@H](C)/C=C\C(C)C1OC(C)(C)O[C@H]1C/C=C/2.COCOc1cc(OCC[Si](C)(C)C)cc(C(CC[C@@H]2OC(C)(C)O[C@@H]2C(C)/C=C\[C@@H](C)C(C)C)[Se]c2ccccc2)c1C(=O)OCC[Si](C)(C)C.COCOc1cc(OCC[Si](C)(C)C)cc(C[Se]c2ccccc2)c1C(=O)OCC[Si](C)(C)C. The van der Waals surface area contributed by atoms with Crippen LogP contribution in [0, 0.1) is 47.3 Å². The van der Waals surface area contributed by atoms with Crippen molar-refractivity contribution in [3.8, 4) is 34.5 Å². The van der Waals surface area contributed by atoms with Gasteiger partial charge in [-0.05, 0) is 70.9 Å². The topological polar surface area (TPSA) is 228 Å². The molecular formula is C109H171IO21Se2Si4. The summed E-state index contributed by atoms with van der Waals surface area (Å²) in [5.74, 6) is 2.52. The van der Waals surface area contributed by atoms with Crippen LogP contribution < -0.4 is 32.6 Å². The van der Waals surface area contributed by atoms with Crippen molar-refractivity contribution in [1.29, 1.82) is 0 Å². The molecule has 5 aromatic carbocycles. The molecule has 0 aromatic heterocycles. The molecule has 28 heteroatoms. The molecule has 21 nitrogen and oxygen atoms in total. The first kappa shape index (κ1) is 120. The van der Waals surface area contributed by atoms with Gasteiger partial charge in [0.2, 0.25) is 0 Å². The Balaban J connectivity index is 0.000000296. The number of fused-ring (bicyclic) bond motifs is 2. The molecule has 1 N–H and O–H groups in total. The maximum atomic E-state index is 14.2. The summed E-state index contributed by atoms with van der Waals surface area (Å²) in [7, 11) is -0.667. The van der Waals surface area contributed by atoms with E-state index in [1.807, 2.05) is 97.9 Å². The van der Waals surface area contributed by atoms with E-state index in [-0.39, 0.29) is 145 Å². The van der Waals surface area contributed by atoms with Gasteiger partial charge >= 0.3 is 546 Å². The number of phenols is 1. The zero-order chi connectivity index (χ0) is 102. The van der Waals surface area contributed by atoms with Crippen LogP contribution in [0.25, 0.3) is 6.08 Å². The Morgan fingerprint density at radius 1 is 0.518 bits per heavy atom. The number of cyclic esters (lactones) is 1. The summed E-state index contributed by atoms with van der Waals surface area (Å²) in [4.78, 5) is 40.6. The summed E-state index contributed by atoms with van der Waals surface area (Å²) in [6, 6.07) is 35.4. The normalized spacial score (nSPS) is 22.0. The number of ether oxygens (including phenoxy) is 17. The number of esters is 3. The van der Waals surface area contributed by atoms with Crippen LogP contribution in [0.15, 0.2) is 140 Å². The van der Waals surface area contributed by atoms with Gasteiger partial charge in [0.1, 0.15) is 23.2 Å². The second-order valence-electron chi connectivity index (χ2n) is 43.7. The molecule has 4 aliphatic rings. The predicted octanol–water partition coefficient (Wildman–Crippen LogP) is 24.6. The molecule has 6 unspecified atom stereocenters. The number of carbonyl (C=O) groups is 3. The Morgan fingerprint density at radius 3 is 1.45 bits per heavy atom. The number of benzene rings is 5. The molecule has 3 saturated heterocycles. The van der Waals surface area contributed by atoms with Gasteiger partial charge in [-0.2, -0.15) is 0 Å². The van der Waals surface area contributed by atoms with E-state index in [4.69, 9.17) is 80.5 Å². The number of hydrogen-bond donors (Lipinski definition) is 1. The molecule has 0 bridgehead atoms.